The maximum absolute atomic E-state index is 6.14. The third-order valence-corrected chi connectivity index (χ3v) is 3.31. The van der Waals surface area contributed by atoms with Crippen LogP contribution in [-0.4, -0.2) is 35.1 Å². The highest BCUT2D eigenvalue weighted by atomic mass is 15.2. The summed E-state index contributed by atoms with van der Waals surface area (Å²) in [6.45, 7) is 5.47. The van der Waals surface area contributed by atoms with Gasteiger partial charge in [-0.2, -0.15) is 0 Å². The molecular weight excluding hydrogens is 236 g/mol. The van der Waals surface area contributed by atoms with E-state index in [2.05, 4.69) is 48.5 Å². The number of benzene rings is 1. The van der Waals surface area contributed by atoms with Crippen LogP contribution in [0.2, 0.25) is 0 Å². The summed E-state index contributed by atoms with van der Waals surface area (Å²) in [7, 11) is 4.20. The number of hydrogen-bond acceptors (Lipinski definition) is 3. The minimum atomic E-state index is 0.363. The predicted octanol–water partition coefficient (Wildman–Crippen LogP) is 2.77. The molecule has 19 heavy (non-hydrogen) atoms. The van der Waals surface area contributed by atoms with Gasteiger partial charge in [-0.25, -0.2) is 4.98 Å². The van der Waals surface area contributed by atoms with Gasteiger partial charge in [0.1, 0.15) is 0 Å². The van der Waals surface area contributed by atoms with Crippen molar-refractivity contribution in [2.75, 3.05) is 26.4 Å². The van der Waals surface area contributed by atoms with Gasteiger partial charge in [0.2, 0.25) is 5.95 Å². The van der Waals surface area contributed by atoms with Gasteiger partial charge in [-0.05, 0) is 38.6 Å². The molecule has 1 aromatic heterocycles. The van der Waals surface area contributed by atoms with E-state index < -0.39 is 0 Å². The molecule has 0 saturated heterocycles. The Hall–Kier alpha value is -1.55. The van der Waals surface area contributed by atoms with Crippen LogP contribution in [0.5, 0.6) is 0 Å². The monoisotopic (exact) mass is 260 g/mol. The zero-order valence-electron chi connectivity index (χ0n) is 12.3. The molecule has 1 aromatic carbocycles. The summed E-state index contributed by atoms with van der Waals surface area (Å²) in [6, 6.07) is 8.53. The number of fused-ring (bicyclic) bond motifs is 1. The Kier molecular flexibility index (Phi) is 4.10. The number of rotatable bonds is 5. The molecule has 0 fully saturated rings. The lowest BCUT2D eigenvalue weighted by atomic mass is 10.0. The van der Waals surface area contributed by atoms with E-state index in [9.17, 15) is 0 Å². The van der Waals surface area contributed by atoms with E-state index in [1.165, 1.54) is 0 Å². The first-order valence-corrected chi connectivity index (χ1v) is 6.86. The number of para-hydroxylation sites is 2. The molecule has 0 amide bonds. The number of hydrogen-bond donors (Lipinski definition) is 1. The Morgan fingerprint density at radius 2 is 1.95 bits per heavy atom. The molecular formula is C15H24N4. The van der Waals surface area contributed by atoms with Crippen LogP contribution < -0.4 is 5.73 Å². The number of aromatic nitrogens is 2. The largest absolute Gasteiger partial charge is 0.369 e. The fourth-order valence-electron chi connectivity index (χ4n) is 2.67. The maximum Gasteiger partial charge on any atom is 0.201 e. The number of nitrogens with zero attached hydrogens (tertiary/aromatic N) is 3. The molecule has 0 aliphatic rings. The third-order valence-electron chi connectivity index (χ3n) is 3.31. The first kappa shape index (κ1) is 13.9. The fraction of sp³-hybridized carbons (Fsp3) is 0.533. The van der Waals surface area contributed by atoms with Crippen molar-refractivity contribution in [3.05, 3.63) is 24.3 Å². The summed E-state index contributed by atoms with van der Waals surface area (Å²) in [5, 5.41) is 0. The SMILES string of the molecule is CC(C)CC(CN(C)C)n1c(N)nc2ccccc21. The Balaban J connectivity index is 2.45. The topological polar surface area (TPSA) is 47.1 Å². The highest BCUT2D eigenvalue weighted by molar-refractivity contribution is 5.78. The zero-order valence-corrected chi connectivity index (χ0v) is 12.3. The number of nitrogen functional groups attached to an aromatic ring is 1. The number of likely N-dealkylation sites (N-methyl/N-ethyl adjacent to an activating group) is 1. The molecule has 0 radical (unpaired) electrons. The van der Waals surface area contributed by atoms with Gasteiger partial charge in [0, 0.05) is 6.54 Å². The van der Waals surface area contributed by atoms with Crippen molar-refractivity contribution in [3.63, 3.8) is 0 Å². The molecule has 104 valence electrons. The molecule has 0 aliphatic carbocycles. The van der Waals surface area contributed by atoms with E-state index in [1.54, 1.807) is 0 Å². The van der Waals surface area contributed by atoms with Gasteiger partial charge in [0.05, 0.1) is 17.1 Å². The summed E-state index contributed by atoms with van der Waals surface area (Å²) < 4.78 is 2.19. The van der Waals surface area contributed by atoms with Crippen molar-refractivity contribution in [1.29, 1.82) is 0 Å². The molecule has 2 aromatic rings. The molecule has 1 atom stereocenters. The first-order valence-electron chi connectivity index (χ1n) is 6.86. The van der Waals surface area contributed by atoms with Crippen LogP contribution in [0.1, 0.15) is 26.3 Å². The van der Waals surface area contributed by atoms with E-state index in [-0.39, 0.29) is 0 Å². The lowest BCUT2D eigenvalue weighted by molar-refractivity contribution is 0.294. The lowest BCUT2D eigenvalue weighted by Gasteiger charge is -2.25. The normalized spacial score (nSPS) is 13.6. The molecule has 0 aliphatic heterocycles. The third kappa shape index (κ3) is 3.07. The van der Waals surface area contributed by atoms with Crippen LogP contribution in [0, 0.1) is 5.92 Å². The summed E-state index contributed by atoms with van der Waals surface area (Å²) in [5.74, 6) is 1.25. The van der Waals surface area contributed by atoms with Crippen molar-refractivity contribution >= 4 is 17.0 Å². The zero-order chi connectivity index (χ0) is 14.0. The summed E-state index contributed by atoms with van der Waals surface area (Å²) in [5.41, 5.74) is 8.25. The minimum absolute atomic E-state index is 0.363. The molecule has 0 bridgehead atoms. The van der Waals surface area contributed by atoms with Crippen LogP contribution >= 0.6 is 0 Å². The molecule has 4 nitrogen and oxygen atoms in total. The predicted molar refractivity (Wildman–Crippen MR) is 81.2 cm³/mol. The quantitative estimate of drug-likeness (QED) is 0.899. The standard InChI is InChI=1S/C15H24N4/c1-11(2)9-12(10-18(3)4)19-14-8-6-5-7-13(14)17-15(19)16/h5-8,11-12H,9-10H2,1-4H3,(H2,16,17). The van der Waals surface area contributed by atoms with E-state index >= 15 is 0 Å². The average Bonchev–Trinajstić information content (AvgIpc) is 2.62. The van der Waals surface area contributed by atoms with E-state index in [0.29, 0.717) is 17.9 Å². The van der Waals surface area contributed by atoms with Crippen LogP contribution in [-0.2, 0) is 0 Å². The van der Waals surface area contributed by atoms with Gasteiger partial charge in [-0.3, -0.25) is 0 Å². The Morgan fingerprint density at radius 3 is 2.58 bits per heavy atom. The Labute approximate surface area is 115 Å². The second kappa shape index (κ2) is 5.61. The minimum Gasteiger partial charge on any atom is -0.369 e. The molecule has 2 N–H and O–H groups in total. The highest BCUT2D eigenvalue weighted by Gasteiger charge is 2.19. The van der Waals surface area contributed by atoms with E-state index in [1.807, 2.05) is 18.2 Å². The van der Waals surface area contributed by atoms with E-state index in [4.69, 9.17) is 5.73 Å². The van der Waals surface area contributed by atoms with Gasteiger partial charge in [0.25, 0.3) is 0 Å². The summed E-state index contributed by atoms with van der Waals surface area (Å²) in [4.78, 5) is 6.68. The van der Waals surface area contributed by atoms with Crippen molar-refractivity contribution in [2.24, 2.45) is 5.92 Å². The summed E-state index contributed by atoms with van der Waals surface area (Å²) in [6.07, 6.45) is 1.10. The van der Waals surface area contributed by atoms with Crippen LogP contribution in [0.15, 0.2) is 24.3 Å². The Morgan fingerprint density at radius 1 is 1.26 bits per heavy atom. The fourth-order valence-corrected chi connectivity index (χ4v) is 2.67. The van der Waals surface area contributed by atoms with Gasteiger partial charge in [-0.1, -0.05) is 26.0 Å². The first-order chi connectivity index (χ1) is 8.99. The number of imidazole rings is 1. The van der Waals surface area contributed by atoms with Gasteiger partial charge in [-0.15, -0.1) is 0 Å². The van der Waals surface area contributed by atoms with Crippen LogP contribution in [0.4, 0.5) is 5.95 Å². The molecule has 0 spiro atoms. The maximum atomic E-state index is 6.14. The Bertz CT molecular complexity index is 532. The van der Waals surface area contributed by atoms with E-state index in [0.717, 1.165) is 24.0 Å². The van der Waals surface area contributed by atoms with Crippen LogP contribution in [0.25, 0.3) is 11.0 Å². The smallest absolute Gasteiger partial charge is 0.201 e. The second-order valence-electron chi connectivity index (χ2n) is 5.87. The number of anilines is 1. The average molecular weight is 260 g/mol. The van der Waals surface area contributed by atoms with Crippen molar-refractivity contribution in [3.8, 4) is 0 Å². The van der Waals surface area contributed by atoms with Gasteiger partial charge < -0.3 is 15.2 Å². The molecule has 4 heteroatoms. The molecule has 1 heterocycles. The van der Waals surface area contributed by atoms with Crippen molar-refractivity contribution in [1.82, 2.24) is 14.5 Å². The van der Waals surface area contributed by atoms with Gasteiger partial charge in [0.15, 0.2) is 0 Å². The molecule has 2 rings (SSSR count). The summed E-state index contributed by atoms with van der Waals surface area (Å²) >= 11 is 0. The number of nitrogens with two attached hydrogens (primary N) is 1. The highest BCUT2D eigenvalue weighted by Crippen LogP contribution is 2.27. The van der Waals surface area contributed by atoms with Gasteiger partial charge >= 0.3 is 0 Å². The molecule has 1 unspecified atom stereocenters. The molecule has 0 saturated carbocycles. The van der Waals surface area contributed by atoms with Crippen molar-refractivity contribution < 1.29 is 0 Å². The second-order valence-corrected chi connectivity index (χ2v) is 5.87. The van der Waals surface area contributed by atoms with Crippen molar-refractivity contribution in [2.45, 2.75) is 26.3 Å². The lowest BCUT2D eigenvalue weighted by Crippen LogP contribution is -2.26. The van der Waals surface area contributed by atoms with Crippen LogP contribution in [0.3, 0.4) is 0 Å².